The quantitative estimate of drug-likeness (QED) is 0.123. The summed E-state index contributed by atoms with van der Waals surface area (Å²) in [5.74, 6) is 8.50. The van der Waals surface area contributed by atoms with Crippen molar-refractivity contribution in [3.8, 4) is 28.3 Å². The number of aryl methyl sites for hydroxylation is 3. The summed E-state index contributed by atoms with van der Waals surface area (Å²) in [6, 6.07) is 36.5. The number of nitrogens with zero attached hydrogens (tertiary/aromatic N) is 4. The fourth-order valence-electron chi connectivity index (χ4n) is 7.03. The fourth-order valence-corrected chi connectivity index (χ4v) is 9.20. The first-order chi connectivity index (χ1) is 26.5. The van der Waals surface area contributed by atoms with Crippen molar-refractivity contribution in [2.24, 2.45) is 0 Å². The Kier molecular flexibility index (Phi) is 10.3. The van der Waals surface area contributed by atoms with Crippen LogP contribution in [0.4, 0.5) is 0 Å². The number of fused-ring (bicyclic) bond motifs is 4. The molecular weight excluding hydrogens is 901 g/mol. The van der Waals surface area contributed by atoms with E-state index in [9.17, 15) is 0 Å². The van der Waals surface area contributed by atoms with Gasteiger partial charge in [-0.1, -0.05) is 75.0 Å². The Bertz CT molecular complexity index is 2610. The SMILES string of the molecule is Cc1cc2nc(-c3[c-]ccc4c3oc3ccccc34)n(-c3c(C(C)C)cccc3C(C)C)c2c(C)n1.[2H]C([2H])([2H])c1c[c-]c(-c2cc[c]([Ge]([CH3])([CH3])[CH3])cn2)cc1.[Ir]. The predicted octanol–water partition coefficient (Wildman–Crippen LogP) is 12.1. The first-order valence-corrected chi connectivity index (χ1v) is 25.7. The number of rotatable bonds is 6. The second-order valence-corrected chi connectivity index (χ2v) is 26.1. The summed E-state index contributed by atoms with van der Waals surface area (Å²) >= 11 is -1.83. The maximum atomic E-state index is 7.35. The zero-order valence-electron chi connectivity index (χ0n) is 35.4. The molecule has 0 fully saturated rings. The molecule has 8 aromatic rings. The Morgan fingerprint density at radius 1 is 0.815 bits per heavy atom. The van der Waals surface area contributed by atoms with Gasteiger partial charge >= 0.3 is 110 Å². The van der Waals surface area contributed by atoms with Gasteiger partial charge in [-0.05, 0) is 48.9 Å². The third kappa shape index (κ3) is 7.62. The van der Waals surface area contributed by atoms with E-state index < -0.39 is 20.1 Å². The molecule has 0 aliphatic carbocycles. The van der Waals surface area contributed by atoms with Crippen LogP contribution in [0.1, 0.15) is 71.7 Å². The maximum absolute atomic E-state index is 7.35. The van der Waals surface area contributed by atoms with Crippen molar-refractivity contribution in [3.05, 3.63) is 137 Å². The average molecular weight is 953 g/mol. The van der Waals surface area contributed by atoms with Gasteiger partial charge in [-0.15, -0.1) is 18.2 Å². The van der Waals surface area contributed by atoms with E-state index in [0.717, 1.165) is 67.0 Å². The van der Waals surface area contributed by atoms with Gasteiger partial charge in [0.05, 0.1) is 28.1 Å². The number of para-hydroxylation sites is 2. The summed E-state index contributed by atoms with van der Waals surface area (Å²) in [5, 5.41) is 2.18. The van der Waals surface area contributed by atoms with E-state index in [0.29, 0.717) is 17.4 Å². The number of furan rings is 1. The third-order valence-electron chi connectivity index (χ3n) is 9.78. The average Bonchev–Trinajstić information content (AvgIpc) is 3.73. The molecule has 0 atom stereocenters. The minimum atomic E-state index is -2.08. The van der Waals surface area contributed by atoms with E-state index in [1.807, 2.05) is 37.4 Å². The topological polar surface area (TPSA) is 56.7 Å². The summed E-state index contributed by atoms with van der Waals surface area (Å²) in [5.41, 5.74) is 12.2. The van der Waals surface area contributed by atoms with Crippen LogP contribution in [-0.2, 0) is 20.1 Å². The molecule has 4 aromatic carbocycles. The van der Waals surface area contributed by atoms with Crippen molar-refractivity contribution < 1.29 is 28.6 Å². The van der Waals surface area contributed by atoms with Crippen LogP contribution in [0.3, 0.4) is 0 Å². The minimum absolute atomic E-state index is 0. The first-order valence-electron chi connectivity index (χ1n) is 19.8. The summed E-state index contributed by atoms with van der Waals surface area (Å²) < 4.78 is 32.2. The molecule has 0 N–H and O–H groups in total. The van der Waals surface area contributed by atoms with Gasteiger partial charge < -0.3 is 8.98 Å². The van der Waals surface area contributed by atoms with Crippen molar-refractivity contribution >= 4 is 50.6 Å². The summed E-state index contributed by atoms with van der Waals surface area (Å²) in [6.45, 7) is 11.0. The second kappa shape index (κ2) is 15.8. The minimum Gasteiger partial charge on any atom is 0 e. The smallest absolute Gasteiger partial charge is 0 e. The largest absolute Gasteiger partial charge is 0 e. The van der Waals surface area contributed by atoms with Gasteiger partial charge in [-0.2, -0.15) is 0 Å². The van der Waals surface area contributed by atoms with E-state index in [1.54, 1.807) is 12.1 Å². The molecule has 4 heterocycles. The number of hydrogen-bond donors (Lipinski definition) is 0. The number of imidazole rings is 1. The Balaban J connectivity index is 0.000000223. The first kappa shape index (κ1) is 35.4. The monoisotopic (exact) mass is 954 g/mol. The fraction of sp³-hybridized carbons (Fsp3) is 0.255. The molecule has 0 aliphatic heterocycles. The van der Waals surface area contributed by atoms with Gasteiger partial charge in [0.25, 0.3) is 0 Å². The molecule has 0 saturated carbocycles. The van der Waals surface area contributed by atoms with Crippen LogP contribution in [0.25, 0.3) is 61.3 Å². The van der Waals surface area contributed by atoms with E-state index >= 15 is 0 Å². The van der Waals surface area contributed by atoms with Crippen LogP contribution in [-0.4, -0.2) is 32.8 Å². The van der Waals surface area contributed by atoms with Gasteiger partial charge in [-0.25, -0.2) is 0 Å². The summed E-state index contributed by atoms with van der Waals surface area (Å²) in [6.07, 6.45) is 1.95. The predicted molar refractivity (Wildman–Crippen MR) is 224 cm³/mol. The molecule has 0 spiro atoms. The van der Waals surface area contributed by atoms with Crippen LogP contribution >= 0.6 is 0 Å². The van der Waals surface area contributed by atoms with Crippen molar-refractivity contribution in [2.45, 2.75) is 77.5 Å². The van der Waals surface area contributed by atoms with Crippen molar-refractivity contribution in [3.63, 3.8) is 0 Å². The number of aromatic nitrogens is 4. The molecule has 4 aromatic heterocycles. The third-order valence-corrected chi connectivity index (χ3v) is 14.0. The van der Waals surface area contributed by atoms with Crippen molar-refractivity contribution in [1.82, 2.24) is 19.5 Å². The molecular formula is C47H48GeIrN4O-2. The van der Waals surface area contributed by atoms with Crippen LogP contribution in [0.15, 0.2) is 102 Å². The molecule has 277 valence electrons. The molecule has 8 rings (SSSR count). The Morgan fingerprint density at radius 2 is 1.56 bits per heavy atom. The molecule has 0 saturated heterocycles. The summed E-state index contributed by atoms with van der Waals surface area (Å²) in [4.78, 5) is 14.6. The number of hydrogen-bond acceptors (Lipinski definition) is 4. The van der Waals surface area contributed by atoms with Gasteiger partial charge in [0.15, 0.2) is 0 Å². The molecule has 54 heavy (non-hydrogen) atoms. The van der Waals surface area contributed by atoms with Gasteiger partial charge in [0.2, 0.25) is 0 Å². The number of benzene rings is 4. The Morgan fingerprint density at radius 3 is 2.19 bits per heavy atom. The van der Waals surface area contributed by atoms with Crippen LogP contribution in [0, 0.1) is 32.8 Å². The molecule has 0 bridgehead atoms. The van der Waals surface area contributed by atoms with E-state index in [-0.39, 0.29) is 20.1 Å². The van der Waals surface area contributed by atoms with Crippen LogP contribution in [0.5, 0.6) is 0 Å². The zero-order valence-corrected chi connectivity index (χ0v) is 36.9. The van der Waals surface area contributed by atoms with Crippen molar-refractivity contribution in [1.29, 1.82) is 0 Å². The molecule has 5 nitrogen and oxygen atoms in total. The number of pyridine rings is 2. The van der Waals surface area contributed by atoms with Crippen LogP contribution in [0.2, 0.25) is 17.3 Å². The van der Waals surface area contributed by atoms with Crippen LogP contribution < -0.4 is 4.40 Å². The molecule has 0 aliphatic rings. The van der Waals surface area contributed by atoms with E-state index in [1.165, 1.54) is 27.3 Å². The van der Waals surface area contributed by atoms with E-state index in [4.69, 9.17) is 18.5 Å². The van der Waals surface area contributed by atoms with Gasteiger partial charge in [0, 0.05) is 36.9 Å². The van der Waals surface area contributed by atoms with E-state index in [2.05, 4.69) is 122 Å². The molecule has 1 radical (unpaired) electrons. The molecule has 0 unspecified atom stereocenters. The van der Waals surface area contributed by atoms with Crippen molar-refractivity contribution in [2.75, 3.05) is 0 Å². The second-order valence-electron chi connectivity index (χ2n) is 15.4. The van der Waals surface area contributed by atoms with Gasteiger partial charge in [-0.3, -0.25) is 9.97 Å². The maximum Gasteiger partial charge on any atom is 0 e. The molecule has 7 heteroatoms. The normalized spacial score (nSPS) is 12.8. The Hall–Kier alpha value is -4.36. The Labute approximate surface area is 340 Å². The standard InChI is InChI=1S/C32H30N3O.C15H18GeN.Ir/c1-18(2)22-12-9-13-23(19(3)4)30(22)35-29-21(6)33-20(5)17-27(29)34-32(35)26-15-10-14-25-24-11-7-8-16-28(24)36-31(25)26;1-12-5-7-13(8-6-12)15-10-9-14(11-17-15)16(2,3)4;/h7-14,16-19H,1-6H3;5-7,9-11H,1-4H3;/q2*-1;/i;1D3;. The van der Waals surface area contributed by atoms with Gasteiger partial charge in [0.1, 0.15) is 5.58 Å². The zero-order chi connectivity index (χ0) is 40.1. The molecule has 0 amide bonds. The summed E-state index contributed by atoms with van der Waals surface area (Å²) in [7, 11) is 0.